The molecule has 0 aliphatic carbocycles. The zero-order valence-electron chi connectivity index (χ0n) is 10.1. The van der Waals surface area contributed by atoms with Gasteiger partial charge in [0.2, 0.25) is 5.88 Å². The number of aromatic nitrogens is 1. The van der Waals surface area contributed by atoms with Crippen LogP contribution in [0.5, 0.6) is 11.6 Å². The smallest absolute Gasteiger partial charge is 0.223 e. The van der Waals surface area contributed by atoms with Crippen molar-refractivity contribution in [2.75, 3.05) is 7.05 Å². The Labute approximate surface area is 127 Å². The van der Waals surface area contributed by atoms with Gasteiger partial charge in [-0.15, -0.1) is 0 Å². The van der Waals surface area contributed by atoms with E-state index in [2.05, 4.69) is 42.2 Å². The van der Waals surface area contributed by atoms with E-state index >= 15 is 0 Å². The van der Waals surface area contributed by atoms with E-state index in [-0.39, 0.29) is 5.82 Å². The first kappa shape index (κ1) is 14.4. The molecule has 0 bridgehead atoms. The highest BCUT2D eigenvalue weighted by atomic mass is 79.9. The lowest BCUT2D eigenvalue weighted by Crippen LogP contribution is -2.07. The predicted molar refractivity (Wildman–Crippen MR) is 78.9 cm³/mol. The van der Waals surface area contributed by atoms with E-state index in [9.17, 15) is 4.39 Å². The number of nitrogens with one attached hydrogen (secondary N) is 1. The van der Waals surface area contributed by atoms with Crippen LogP contribution in [0.25, 0.3) is 0 Å². The van der Waals surface area contributed by atoms with Crippen molar-refractivity contribution >= 4 is 31.9 Å². The number of pyridine rings is 1. The summed E-state index contributed by atoms with van der Waals surface area (Å²) in [6.07, 6.45) is 1.66. The second-order valence-corrected chi connectivity index (χ2v) is 5.59. The van der Waals surface area contributed by atoms with Crippen molar-refractivity contribution in [1.82, 2.24) is 10.3 Å². The molecule has 0 atom stereocenters. The monoisotopic (exact) mass is 388 g/mol. The molecule has 19 heavy (non-hydrogen) atoms. The molecule has 1 aromatic carbocycles. The molecule has 1 N–H and O–H groups in total. The largest absolute Gasteiger partial charge is 0.438 e. The molecule has 0 saturated carbocycles. The third-order valence-corrected chi connectivity index (χ3v) is 3.41. The third kappa shape index (κ3) is 3.75. The molecule has 0 aliphatic rings. The molecule has 2 aromatic rings. The van der Waals surface area contributed by atoms with Crippen molar-refractivity contribution in [2.24, 2.45) is 0 Å². The highest BCUT2D eigenvalue weighted by molar-refractivity contribution is 9.10. The Balaban J connectivity index is 2.32. The summed E-state index contributed by atoms with van der Waals surface area (Å²) in [5.74, 6) is 0.692. The van der Waals surface area contributed by atoms with E-state index in [1.165, 1.54) is 12.1 Å². The molecule has 0 spiro atoms. The molecule has 0 unspecified atom stereocenters. The van der Waals surface area contributed by atoms with Crippen molar-refractivity contribution in [1.29, 1.82) is 0 Å². The van der Waals surface area contributed by atoms with Gasteiger partial charge in [0, 0.05) is 22.8 Å². The SMILES string of the molecule is CNCc1cc(Br)cnc1Oc1ccc(F)cc1Br. The van der Waals surface area contributed by atoms with Crippen LogP contribution in [0.3, 0.4) is 0 Å². The average Bonchev–Trinajstić information content (AvgIpc) is 2.36. The van der Waals surface area contributed by atoms with Gasteiger partial charge in [-0.05, 0) is 63.2 Å². The van der Waals surface area contributed by atoms with Crippen molar-refractivity contribution in [3.63, 3.8) is 0 Å². The maximum absolute atomic E-state index is 13.0. The highest BCUT2D eigenvalue weighted by Gasteiger charge is 2.10. The standard InChI is InChI=1S/C13H11Br2FN2O/c1-17-6-8-4-9(14)7-18-13(8)19-12-3-2-10(16)5-11(12)15/h2-5,7,17H,6H2,1H3. The summed E-state index contributed by atoms with van der Waals surface area (Å²) < 4.78 is 20.2. The normalized spacial score (nSPS) is 10.5. The van der Waals surface area contributed by atoms with Gasteiger partial charge in [-0.3, -0.25) is 0 Å². The first-order valence-corrected chi connectivity index (χ1v) is 7.10. The Bertz CT molecular complexity index is 593. The number of halogens is 3. The van der Waals surface area contributed by atoms with Gasteiger partial charge in [-0.1, -0.05) is 0 Å². The van der Waals surface area contributed by atoms with Crippen LogP contribution in [-0.2, 0) is 6.54 Å². The summed E-state index contributed by atoms with van der Waals surface area (Å²) in [5.41, 5.74) is 0.910. The first-order chi connectivity index (χ1) is 9.10. The van der Waals surface area contributed by atoms with Crippen molar-refractivity contribution in [3.05, 3.63) is 50.8 Å². The van der Waals surface area contributed by atoms with E-state index in [1.807, 2.05) is 13.1 Å². The molecular formula is C13H11Br2FN2O. The Kier molecular flexibility index (Phi) is 4.90. The fourth-order valence-electron chi connectivity index (χ4n) is 1.54. The van der Waals surface area contributed by atoms with Crippen molar-refractivity contribution in [2.45, 2.75) is 6.54 Å². The molecule has 3 nitrogen and oxygen atoms in total. The fourth-order valence-corrected chi connectivity index (χ4v) is 2.35. The predicted octanol–water partition coefficient (Wildman–Crippen LogP) is 4.26. The number of hydrogen-bond donors (Lipinski definition) is 1. The number of rotatable bonds is 4. The van der Waals surface area contributed by atoms with Gasteiger partial charge >= 0.3 is 0 Å². The van der Waals surface area contributed by atoms with Crippen LogP contribution in [0.4, 0.5) is 4.39 Å². The van der Waals surface area contributed by atoms with Gasteiger partial charge in [0.05, 0.1) is 4.47 Å². The van der Waals surface area contributed by atoms with Gasteiger partial charge in [-0.2, -0.15) is 0 Å². The second-order valence-electron chi connectivity index (χ2n) is 3.82. The fraction of sp³-hybridized carbons (Fsp3) is 0.154. The van der Waals surface area contributed by atoms with Gasteiger partial charge in [-0.25, -0.2) is 9.37 Å². The maximum atomic E-state index is 13.0. The third-order valence-electron chi connectivity index (χ3n) is 2.36. The van der Waals surface area contributed by atoms with Crippen LogP contribution in [0.2, 0.25) is 0 Å². The Morgan fingerprint density at radius 2 is 2.11 bits per heavy atom. The molecular weight excluding hydrogens is 379 g/mol. The topological polar surface area (TPSA) is 34.2 Å². The zero-order chi connectivity index (χ0) is 13.8. The minimum Gasteiger partial charge on any atom is -0.438 e. The van der Waals surface area contributed by atoms with Crippen LogP contribution in [0.1, 0.15) is 5.56 Å². The molecule has 6 heteroatoms. The van der Waals surface area contributed by atoms with Crippen LogP contribution in [0.15, 0.2) is 39.4 Å². The number of ether oxygens (including phenoxy) is 1. The Morgan fingerprint density at radius 1 is 1.32 bits per heavy atom. The molecule has 1 heterocycles. The van der Waals surface area contributed by atoms with Crippen molar-refractivity contribution in [3.8, 4) is 11.6 Å². The summed E-state index contributed by atoms with van der Waals surface area (Å²) in [5, 5.41) is 3.05. The van der Waals surface area contributed by atoms with E-state index in [1.54, 1.807) is 12.3 Å². The van der Waals surface area contributed by atoms with Gasteiger partial charge in [0.25, 0.3) is 0 Å². The van der Waals surface area contributed by atoms with Crippen LogP contribution < -0.4 is 10.1 Å². The van der Waals surface area contributed by atoms with Crippen molar-refractivity contribution < 1.29 is 9.13 Å². The van der Waals surface area contributed by atoms with Gasteiger partial charge in [0.15, 0.2) is 0 Å². The molecule has 0 radical (unpaired) electrons. The number of hydrogen-bond acceptors (Lipinski definition) is 3. The van der Waals surface area contributed by atoms with Gasteiger partial charge in [0.1, 0.15) is 11.6 Å². The molecule has 0 amide bonds. The number of nitrogens with zero attached hydrogens (tertiary/aromatic N) is 1. The van der Waals surface area contributed by atoms with E-state index in [0.29, 0.717) is 22.6 Å². The minimum absolute atomic E-state index is 0.321. The summed E-state index contributed by atoms with van der Waals surface area (Å²) in [4.78, 5) is 4.23. The molecule has 2 rings (SSSR count). The summed E-state index contributed by atoms with van der Waals surface area (Å²) in [6, 6.07) is 6.19. The number of benzene rings is 1. The molecule has 0 fully saturated rings. The highest BCUT2D eigenvalue weighted by Crippen LogP contribution is 2.31. The molecule has 0 aliphatic heterocycles. The zero-order valence-corrected chi connectivity index (χ0v) is 13.3. The summed E-state index contributed by atoms with van der Waals surface area (Å²) in [6.45, 7) is 0.626. The Morgan fingerprint density at radius 3 is 2.79 bits per heavy atom. The lowest BCUT2D eigenvalue weighted by Gasteiger charge is -2.11. The first-order valence-electron chi connectivity index (χ1n) is 5.52. The minimum atomic E-state index is -0.321. The lowest BCUT2D eigenvalue weighted by atomic mass is 10.2. The second kappa shape index (κ2) is 6.45. The van der Waals surface area contributed by atoms with E-state index in [4.69, 9.17) is 4.74 Å². The van der Waals surface area contributed by atoms with E-state index < -0.39 is 0 Å². The summed E-state index contributed by atoms with van der Waals surface area (Å²) in [7, 11) is 1.85. The molecule has 0 saturated heterocycles. The average molecular weight is 390 g/mol. The maximum Gasteiger partial charge on any atom is 0.223 e. The van der Waals surface area contributed by atoms with Crippen LogP contribution in [0, 0.1) is 5.82 Å². The molecule has 100 valence electrons. The van der Waals surface area contributed by atoms with E-state index in [0.717, 1.165) is 10.0 Å². The lowest BCUT2D eigenvalue weighted by molar-refractivity contribution is 0.449. The Hall–Kier alpha value is -0.980. The van der Waals surface area contributed by atoms with Crippen LogP contribution in [-0.4, -0.2) is 12.0 Å². The van der Waals surface area contributed by atoms with Gasteiger partial charge < -0.3 is 10.1 Å². The van der Waals surface area contributed by atoms with Crippen LogP contribution >= 0.6 is 31.9 Å². The summed E-state index contributed by atoms with van der Waals surface area (Å²) >= 11 is 6.64. The quantitative estimate of drug-likeness (QED) is 0.848. The molecule has 1 aromatic heterocycles.